The topological polar surface area (TPSA) is 73.5 Å². The molecule has 0 fully saturated rings. The van der Waals surface area contributed by atoms with Gasteiger partial charge in [-0.25, -0.2) is 0 Å². The average molecular weight is 551 g/mol. The first kappa shape index (κ1) is 25.6. The number of thiocarbonyl (C=S) groups is 2. The van der Waals surface area contributed by atoms with Crippen LogP contribution in [-0.2, 0) is 6.42 Å². The Hall–Kier alpha value is -3.44. The van der Waals surface area contributed by atoms with Crippen LogP contribution in [0.5, 0.6) is 0 Å². The summed E-state index contributed by atoms with van der Waals surface area (Å²) < 4.78 is 0. The van der Waals surface area contributed by atoms with Crippen LogP contribution in [0.15, 0.2) is 89.6 Å². The van der Waals surface area contributed by atoms with Crippen molar-refractivity contribution >= 4 is 80.5 Å². The van der Waals surface area contributed by atoms with Crippen LogP contribution in [0.3, 0.4) is 0 Å². The third-order valence-electron chi connectivity index (χ3n) is 5.09. The van der Waals surface area contributed by atoms with Crippen molar-refractivity contribution in [2.45, 2.75) is 6.42 Å². The minimum Gasteiger partial charge on any atom is -0.332 e. The third-order valence-corrected chi connectivity index (χ3v) is 7.35. The number of carbonyl (C=O) groups excluding carboxylic acids is 2. The number of rotatable bonds is 7. The maximum atomic E-state index is 12.6. The minimum absolute atomic E-state index is 0.209. The van der Waals surface area contributed by atoms with Crippen LogP contribution in [0.4, 0.5) is 11.4 Å². The molecular weight excluding hydrogens is 529 g/mol. The van der Waals surface area contributed by atoms with Gasteiger partial charge in [0.15, 0.2) is 10.2 Å². The van der Waals surface area contributed by atoms with E-state index in [9.17, 15) is 9.59 Å². The molecule has 36 heavy (non-hydrogen) atoms. The number of nitrogens with zero attached hydrogens (tertiary/aromatic N) is 1. The van der Waals surface area contributed by atoms with E-state index >= 15 is 0 Å². The molecule has 2 aromatic heterocycles. The van der Waals surface area contributed by atoms with Crippen LogP contribution in [-0.4, -0.2) is 28.6 Å². The van der Waals surface area contributed by atoms with Gasteiger partial charge in [-0.2, -0.15) is 0 Å². The number of thiophene rings is 2. The van der Waals surface area contributed by atoms with Crippen molar-refractivity contribution in [3.05, 3.63) is 105 Å². The molecule has 10 heteroatoms. The van der Waals surface area contributed by atoms with Gasteiger partial charge in [0.25, 0.3) is 11.8 Å². The molecule has 0 spiro atoms. The Kier molecular flexibility index (Phi) is 8.90. The minimum atomic E-state index is -0.252. The van der Waals surface area contributed by atoms with E-state index in [1.807, 2.05) is 70.3 Å². The monoisotopic (exact) mass is 550 g/mol. The maximum absolute atomic E-state index is 12.6. The molecule has 4 aromatic rings. The predicted molar refractivity (Wildman–Crippen MR) is 156 cm³/mol. The second-order valence-electron chi connectivity index (χ2n) is 7.56. The first-order chi connectivity index (χ1) is 17.5. The van der Waals surface area contributed by atoms with Crippen molar-refractivity contribution in [3.63, 3.8) is 0 Å². The summed E-state index contributed by atoms with van der Waals surface area (Å²) in [6.45, 7) is 0.579. The summed E-state index contributed by atoms with van der Waals surface area (Å²) in [7, 11) is 0. The molecule has 0 aliphatic carbocycles. The lowest BCUT2D eigenvalue weighted by molar-refractivity contribution is 0.0973. The van der Waals surface area contributed by atoms with Crippen molar-refractivity contribution in [1.29, 1.82) is 0 Å². The molecule has 2 amide bonds. The molecule has 3 N–H and O–H groups in total. The van der Waals surface area contributed by atoms with Gasteiger partial charge in [0.05, 0.1) is 9.75 Å². The van der Waals surface area contributed by atoms with Gasteiger partial charge in [-0.3, -0.25) is 20.2 Å². The Balaban J connectivity index is 1.44. The van der Waals surface area contributed by atoms with Crippen LogP contribution in [0, 0.1) is 0 Å². The summed E-state index contributed by atoms with van der Waals surface area (Å²) in [4.78, 5) is 27.9. The summed E-state index contributed by atoms with van der Waals surface area (Å²) in [5, 5.41) is 12.8. The lowest BCUT2D eigenvalue weighted by Gasteiger charge is -2.26. The zero-order valence-electron chi connectivity index (χ0n) is 19.0. The Bertz CT molecular complexity index is 1320. The quantitative estimate of drug-likeness (QED) is 0.257. The van der Waals surface area contributed by atoms with E-state index in [0.29, 0.717) is 27.1 Å². The molecule has 6 nitrogen and oxygen atoms in total. The van der Waals surface area contributed by atoms with Crippen molar-refractivity contribution in [2.24, 2.45) is 0 Å². The molecule has 0 radical (unpaired) electrons. The fraction of sp³-hybridized carbons (Fsp3) is 0.0769. The first-order valence-corrected chi connectivity index (χ1v) is 13.5. The van der Waals surface area contributed by atoms with Crippen LogP contribution in [0.2, 0.25) is 0 Å². The molecule has 0 atom stereocenters. The van der Waals surface area contributed by atoms with Gasteiger partial charge in [0.1, 0.15) is 0 Å². The highest BCUT2D eigenvalue weighted by molar-refractivity contribution is 7.80. The standard InChI is InChI=1S/C26H22N4O2S4/c31-23(21-8-4-16-35-21)28-25(33)27-19-10-12-20(13-11-19)30(15-14-18-6-2-1-3-7-18)26(34)29-24(32)22-9-5-17-36-22/h1-13,16-17H,14-15H2,(H,29,32,34)(H2,27,28,31,33). The summed E-state index contributed by atoms with van der Waals surface area (Å²) in [6.07, 6.45) is 0.745. The number of amides is 2. The molecule has 0 bridgehead atoms. The molecule has 0 saturated heterocycles. The lowest BCUT2D eigenvalue weighted by Crippen LogP contribution is -2.43. The summed E-state index contributed by atoms with van der Waals surface area (Å²) in [6, 6.07) is 24.7. The second kappa shape index (κ2) is 12.5. The fourth-order valence-corrected chi connectivity index (χ4v) is 5.06. The van der Waals surface area contributed by atoms with Crippen molar-refractivity contribution < 1.29 is 9.59 Å². The summed E-state index contributed by atoms with van der Waals surface area (Å²) in [5.41, 5.74) is 2.70. The smallest absolute Gasteiger partial charge is 0.267 e. The van der Waals surface area contributed by atoms with E-state index in [2.05, 4.69) is 28.1 Å². The molecular formula is C26H22N4O2S4. The van der Waals surface area contributed by atoms with Gasteiger partial charge < -0.3 is 10.2 Å². The Morgan fingerprint density at radius 2 is 1.36 bits per heavy atom. The van der Waals surface area contributed by atoms with E-state index in [-0.39, 0.29) is 16.9 Å². The van der Waals surface area contributed by atoms with Gasteiger partial charge >= 0.3 is 0 Å². The van der Waals surface area contributed by atoms with Crippen LogP contribution in [0.1, 0.15) is 24.9 Å². The number of anilines is 2. The van der Waals surface area contributed by atoms with Crippen molar-refractivity contribution in [2.75, 3.05) is 16.8 Å². The third kappa shape index (κ3) is 7.05. The number of nitrogens with one attached hydrogen (secondary N) is 3. The fourth-order valence-electron chi connectivity index (χ4n) is 3.33. The summed E-state index contributed by atoms with van der Waals surface area (Å²) >= 11 is 13.6. The number of hydrogen-bond donors (Lipinski definition) is 3. The number of benzene rings is 2. The van der Waals surface area contributed by atoms with E-state index < -0.39 is 0 Å². The van der Waals surface area contributed by atoms with Gasteiger partial charge in [-0.1, -0.05) is 42.5 Å². The van der Waals surface area contributed by atoms with Gasteiger partial charge in [-0.05, 0) is 83.6 Å². The molecule has 0 aliphatic rings. The molecule has 182 valence electrons. The zero-order chi connectivity index (χ0) is 25.3. The lowest BCUT2D eigenvalue weighted by atomic mass is 10.1. The van der Waals surface area contributed by atoms with Crippen LogP contribution < -0.4 is 20.9 Å². The highest BCUT2D eigenvalue weighted by Crippen LogP contribution is 2.20. The first-order valence-electron chi connectivity index (χ1n) is 11.0. The summed E-state index contributed by atoms with van der Waals surface area (Å²) in [5.74, 6) is -0.483. The van der Waals surface area contributed by atoms with Crippen LogP contribution in [0.25, 0.3) is 0 Å². The number of carbonyl (C=O) groups is 2. The Labute approximate surface area is 228 Å². The van der Waals surface area contributed by atoms with Crippen molar-refractivity contribution in [1.82, 2.24) is 10.6 Å². The van der Waals surface area contributed by atoms with Gasteiger partial charge in [0, 0.05) is 17.9 Å². The predicted octanol–water partition coefficient (Wildman–Crippen LogP) is 5.70. The Morgan fingerprint density at radius 1 is 0.750 bits per heavy atom. The van der Waals surface area contributed by atoms with E-state index in [1.54, 1.807) is 12.1 Å². The highest BCUT2D eigenvalue weighted by atomic mass is 32.1. The SMILES string of the molecule is O=C(NC(=S)Nc1ccc(N(CCc2ccccc2)C(=S)NC(=O)c2cccs2)cc1)c1cccs1. The number of hydrogen-bond acceptors (Lipinski definition) is 6. The molecule has 0 saturated carbocycles. The highest BCUT2D eigenvalue weighted by Gasteiger charge is 2.17. The van der Waals surface area contributed by atoms with E-state index in [0.717, 1.165) is 12.1 Å². The van der Waals surface area contributed by atoms with Crippen molar-refractivity contribution in [3.8, 4) is 0 Å². The van der Waals surface area contributed by atoms with Gasteiger partial charge in [0.2, 0.25) is 0 Å². The second-order valence-corrected chi connectivity index (χ2v) is 10.2. The maximum Gasteiger partial charge on any atom is 0.267 e. The average Bonchev–Trinajstić information content (AvgIpc) is 3.61. The Morgan fingerprint density at radius 3 is 1.94 bits per heavy atom. The zero-order valence-corrected chi connectivity index (χ0v) is 22.2. The normalized spacial score (nSPS) is 10.3. The molecule has 0 aliphatic heterocycles. The van der Waals surface area contributed by atoms with E-state index in [1.165, 1.54) is 28.2 Å². The molecule has 2 aromatic carbocycles. The molecule has 0 unspecified atom stereocenters. The van der Waals surface area contributed by atoms with E-state index in [4.69, 9.17) is 24.4 Å². The molecule has 2 heterocycles. The van der Waals surface area contributed by atoms with Crippen LogP contribution >= 0.6 is 47.1 Å². The largest absolute Gasteiger partial charge is 0.332 e. The molecule has 4 rings (SSSR count). The van der Waals surface area contributed by atoms with Gasteiger partial charge in [-0.15, -0.1) is 22.7 Å².